The maximum absolute atomic E-state index is 12.8. The first kappa shape index (κ1) is 18.6. The minimum atomic E-state index is -0.151. The van der Waals surface area contributed by atoms with Gasteiger partial charge in [0.25, 0.3) is 5.91 Å². The van der Waals surface area contributed by atoms with Crippen LogP contribution in [0.5, 0.6) is 5.75 Å². The minimum Gasteiger partial charge on any atom is -0.497 e. The molecule has 1 saturated heterocycles. The molecule has 8 heteroatoms. The number of aromatic nitrogens is 2. The third-order valence-electron chi connectivity index (χ3n) is 4.43. The summed E-state index contributed by atoms with van der Waals surface area (Å²) in [6.45, 7) is 5.46. The number of piperazine rings is 1. The number of aryl methyl sites for hydroxylation is 1. The molecule has 0 aliphatic carbocycles. The number of nitrogens with zero attached hydrogens (tertiary/aromatic N) is 4. The van der Waals surface area contributed by atoms with Crippen molar-refractivity contribution in [3.63, 3.8) is 0 Å². The number of carbonyl (C=O) groups is 2. The second kappa shape index (κ2) is 8.03. The highest BCUT2D eigenvalue weighted by Crippen LogP contribution is 2.19. The highest BCUT2D eigenvalue weighted by atomic mass is 16.5. The number of anilines is 2. The second-order valence-corrected chi connectivity index (χ2v) is 6.37. The molecule has 0 unspecified atom stereocenters. The van der Waals surface area contributed by atoms with E-state index in [-0.39, 0.29) is 11.8 Å². The van der Waals surface area contributed by atoms with Crippen LogP contribution in [0, 0.1) is 6.92 Å². The largest absolute Gasteiger partial charge is 0.497 e. The monoisotopic (exact) mass is 369 g/mol. The standard InChI is InChI=1S/C19H23N5O3/c1-13-12-17(18(26)24-10-8-23(9-11-24)14(2)25)22-19(20-13)21-15-4-6-16(27-3)7-5-15/h4-7,12H,8-11H2,1-3H3,(H,20,21,22). The number of nitrogens with one attached hydrogen (secondary N) is 1. The minimum absolute atomic E-state index is 0.0333. The van der Waals surface area contributed by atoms with Crippen LogP contribution in [0.1, 0.15) is 23.1 Å². The van der Waals surface area contributed by atoms with E-state index in [1.54, 1.807) is 29.9 Å². The highest BCUT2D eigenvalue weighted by Gasteiger charge is 2.24. The Labute approximate surface area is 158 Å². The van der Waals surface area contributed by atoms with Crippen LogP contribution in [0.3, 0.4) is 0 Å². The van der Waals surface area contributed by atoms with Crippen molar-refractivity contribution in [3.8, 4) is 5.75 Å². The number of rotatable bonds is 4. The van der Waals surface area contributed by atoms with Gasteiger partial charge in [-0.05, 0) is 37.3 Å². The van der Waals surface area contributed by atoms with Crippen molar-refractivity contribution in [2.75, 3.05) is 38.6 Å². The third kappa shape index (κ3) is 4.52. The van der Waals surface area contributed by atoms with Crippen molar-refractivity contribution < 1.29 is 14.3 Å². The lowest BCUT2D eigenvalue weighted by molar-refractivity contribution is -0.130. The van der Waals surface area contributed by atoms with Gasteiger partial charge in [0.05, 0.1) is 7.11 Å². The Morgan fingerprint density at radius 3 is 2.26 bits per heavy atom. The Balaban J connectivity index is 1.72. The molecule has 1 fully saturated rings. The molecule has 0 spiro atoms. The van der Waals surface area contributed by atoms with Gasteiger partial charge in [0.2, 0.25) is 11.9 Å². The van der Waals surface area contributed by atoms with Crippen molar-refractivity contribution in [2.24, 2.45) is 0 Å². The molecule has 1 N–H and O–H groups in total. The van der Waals surface area contributed by atoms with E-state index in [1.807, 2.05) is 31.2 Å². The molecule has 1 aliphatic heterocycles. The molecule has 2 heterocycles. The van der Waals surface area contributed by atoms with Gasteiger partial charge < -0.3 is 19.9 Å². The summed E-state index contributed by atoms with van der Waals surface area (Å²) < 4.78 is 5.14. The van der Waals surface area contributed by atoms with Gasteiger partial charge >= 0.3 is 0 Å². The predicted octanol–water partition coefficient (Wildman–Crippen LogP) is 1.84. The fraction of sp³-hybridized carbons (Fsp3) is 0.368. The van der Waals surface area contributed by atoms with Gasteiger partial charge in [0.1, 0.15) is 11.4 Å². The van der Waals surface area contributed by atoms with Crippen LogP contribution in [-0.2, 0) is 4.79 Å². The van der Waals surface area contributed by atoms with Crippen LogP contribution in [-0.4, -0.2) is 64.9 Å². The van der Waals surface area contributed by atoms with E-state index in [0.717, 1.165) is 11.4 Å². The normalized spacial score (nSPS) is 14.0. The summed E-state index contributed by atoms with van der Waals surface area (Å²) in [6.07, 6.45) is 0. The molecular formula is C19H23N5O3. The Bertz CT molecular complexity index is 830. The fourth-order valence-corrected chi connectivity index (χ4v) is 2.92. The zero-order valence-corrected chi connectivity index (χ0v) is 15.7. The van der Waals surface area contributed by atoms with E-state index in [2.05, 4.69) is 15.3 Å². The van der Waals surface area contributed by atoms with Crippen LogP contribution in [0.4, 0.5) is 11.6 Å². The zero-order chi connectivity index (χ0) is 19.4. The topological polar surface area (TPSA) is 87.7 Å². The molecule has 27 heavy (non-hydrogen) atoms. The van der Waals surface area contributed by atoms with Gasteiger partial charge in [-0.3, -0.25) is 9.59 Å². The molecule has 0 atom stereocenters. The predicted molar refractivity (Wildman–Crippen MR) is 101 cm³/mol. The maximum atomic E-state index is 12.8. The number of amides is 2. The summed E-state index contributed by atoms with van der Waals surface area (Å²) in [5.41, 5.74) is 1.84. The number of carbonyl (C=O) groups excluding carboxylic acids is 2. The van der Waals surface area contributed by atoms with Crippen LogP contribution >= 0.6 is 0 Å². The van der Waals surface area contributed by atoms with E-state index in [1.165, 1.54) is 0 Å². The summed E-state index contributed by atoms with van der Waals surface area (Å²) in [5.74, 6) is 1.00. The van der Waals surface area contributed by atoms with E-state index < -0.39 is 0 Å². The molecule has 0 bridgehead atoms. The van der Waals surface area contributed by atoms with Gasteiger partial charge in [-0.15, -0.1) is 0 Å². The lowest BCUT2D eigenvalue weighted by Crippen LogP contribution is -2.50. The second-order valence-electron chi connectivity index (χ2n) is 6.37. The number of benzene rings is 1. The van der Waals surface area contributed by atoms with Gasteiger partial charge in [0.15, 0.2) is 0 Å². The van der Waals surface area contributed by atoms with Crippen LogP contribution in [0.25, 0.3) is 0 Å². The number of methoxy groups -OCH3 is 1. The summed E-state index contributed by atoms with van der Waals surface area (Å²) in [6, 6.07) is 9.05. The van der Waals surface area contributed by atoms with Crippen molar-refractivity contribution in [3.05, 3.63) is 41.7 Å². The fourth-order valence-electron chi connectivity index (χ4n) is 2.92. The molecular weight excluding hydrogens is 346 g/mol. The lowest BCUT2D eigenvalue weighted by atomic mass is 10.2. The first-order valence-electron chi connectivity index (χ1n) is 8.78. The van der Waals surface area contributed by atoms with Crippen LogP contribution < -0.4 is 10.1 Å². The highest BCUT2D eigenvalue weighted by molar-refractivity contribution is 5.93. The van der Waals surface area contributed by atoms with E-state index in [4.69, 9.17) is 4.74 Å². The average Bonchev–Trinajstić information content (AvgIpc) is 2.67. The number of hydrogen-bond acceptors (Lipinski definition) is 6. The first-order chi connectivity index (χ1) is 13.0. The van der Waals surface area contributed by atoms with Crippen LogP contribution in [0.15, 0.2) is 30.3 Å². The summed E-state index contributed by atoms with van der Waals surface area (Å²) in [7, 11) is 1.61. The smallest absolute Gasteiger partial charge is 0.272 e. The van der Waals surface area contributed by atoms with Gasteiger partial charge in [-0.25, -0.2) is 9.97 Å². The maximum Gasteiger partial charge on any atom is 0.272 e. The zero-order valence-electron chi connectivity index (χ0n) is 15.7. The van der Waals surface area contributed by atoms with Crippen molar-refractivity contribution in [1.82, 2.24) is 19.8 Å². The molecule has 2 amide bonds. The van der Waals surface area contributed by atoms with E-state index >= 15 is 0 Å². The lowest BCUT2D eigenvalue weighted by Gasteiger charge is -2.34. The van der Waals surface area contributed by atoms with Crippen LogP contribution in [0.2, 0.25) is 0 Å². The van der Waals surface area contributed by atoms with Gasteiger partial charge in [-0.1, -0.05) is 0 Å². The quantitative estimate of drug-likeness (QED) is 0.885. The van der Waals surface area contributed by atoms with Crippen molar-refractivity contribution in [2.45, 2.75) is 13.8 Å². The van der Waals surface area contributed by atoms with Crippen molar-refractivity contribution >= 4 is 23.5 Å². The molecule has 2 aromatic rings. The van der Waals surface area contributed by atoms with Gasteiger partial charge in [-0.2, -0.15) is 0 Å². The van der Waals surface area contributed by atoms with E-state index in [0.29, 0.717) is 43.5 Å². The first-order valence-corrected chi connectivity index (χ1v) is 8.78. The van der Waals surface area contributed by atoms with Gasteiger partial charge in [0, 0.05) is 44.5 Å². The number of hydrogen-bond donors (Lipinski definition) is 1. The molecule has 0 saturated carbocycles. The Hall–Kier alpha value is -3.16. The Kier molecular flexibility index (Phi) is 5.54. The average molecular weight is 369 g/mol. The summed E-state index contributed by atoms with van der Waals surface area (Å²) >= 11 is 0. The summed E-state index contributed by atoms with van der Waals surface area (Å²) in [5, 5.41) is 3.11. The van der Waals surface area contributed by atoms with E-state index in [9.17, 15) is 9.59 Å². The Morgan fingerprint density at radius 2 is 1.67 bits per heavy atom. The molecule has 8 nitrogen and oxygen atoms in total. The number of ether oxygens (including phenoxy) is 1. The molecule has 0 radical (unpaired) electrons. The molecule has 1 aromatic carbocycles. The molecule has 1 aliphatic rings. The molecule has 3 rings (SSSR count). The SMILES string of the molecule is COc1ccc(Nc2nc(C)cc(C(=O)N3CCN(C(C)=O)CC3)n2)cc1. The van der Waals surface area contributed by atoms with Crippen molar-refractivity contribution in [1.29, 1.82) is 0 Å². The molecule has 1 aromatic heterocycles. The molecule has 142 valence electrons. The Morgan fingerprint density at radius 1 is 1.04 bits per heavy atom. The third-order valence-corrected chi connectivity index (χ3v) is 4.43. The summed E-state index contributed by atoms with van der Waals surface area (Å²) in [4.78, 5) is 36.4.